The van der Waals surface area contributed by atoms with Gasteiger partial charge < -0.3 is 10.8 Å². The van der Waals surface area contributed by atoms with Gasteiger partial charge in [-0.05, 0) is 18.6 Å². The SMILES string of the molecule is CC(N)C(O)c1cccc(C(C)(F)F)c1. The maximum atomic E-state index is 13.0. The van der Waals surface area contributed by atoms with E-state index in [1.165, 1.54) is 18.2 Å². The molecule has 15 heavy (non-hydrogen) atoms. The van der Waals surface area contributed by atoms with E-state index in [4.69, 9.17) is 5.73 Å². The average Bonchev–Trinajstić information content (AvgIpc) is 2.15. The maximum absolute atomic E-state index is 13.0. The molecular formula is C11H15F2NO. The minimum atomic E-state index is -2.90. The lowest BCUT2D eigenvalue weighted by Crippen LogP contribution is -2.24. The van der Waals surface area contributed by atoms with Gasteiger partial charge in [0.15, 0.2) is 0 Å². The number of rotatable bonds is 3. The summed E-state index contributed by atoms with van der Waals surface area (Å²) < 4.78 is 26.0. The fourth-order valence-electron chi connectivity index (χ4n) is 1.30. The third-order valence-corrected chi connectivity index (χ3v) is 2.23. The van der Waals surface area contributed by atoms with Crippen molar-refractivity contribution < 1.29 is 13.9 Å². The van der Waals surface area contributed by atoms with Crippen LogP contribution in [0.2, 0.25) is 0 Å². The van der Waals surface area contributed by atoms with Gasteiger partial charge in [0.05, 0.1) is 6.10 Å². The number of halogens is 2. The average molecular weight is 215 g/mol. The summed E-state index contributed by atoms with van der Waals surface area (Å²) in [6, 6.07) is 5.22. The molecule has 1 aromatic rings. The molecule has 0 aliphatic heterocycles. The van der Waals surface area contributed by atoms with Gasteiger partial charge in [0.25, 0.3) is 5.92 Å². The molecule has 0 bridgehead atoms. The molecule has 0 spiro atoms. The van der Waals surface area contributed by atoms with Gasteiger partial charge in [-0.3, -0.25) is 0 Å². The number of aliphatic hydroxyl groups excluding tert-OH is 1. The van der Waals surface area contributed by atoms with Crippen molar-refractivity contribution in [2.24, 2.45) is 5.73 Å². The first-order chi connectivity index (χ1) is 6.82. The normalized spacial score (nSPS) is 16.1. The molecule has 2 atom stereocenters. The number of nitrogens with two attached hydrogens (primary N) is 1. The molecule has 0 saturated carbocycles. The second kappa shape index (κ2) is 4.24. The molecule has 2 unspecified atom stereocenters. The molecular weight excluding hydrogens is 200 g/mol. The van der Waals surface area contributed by atoms with E-state index in [0.29, 0.717) is 5.56 Å². The Morgan fingerprint density at radius 1 is 1.40 bits per heavy atom. The summed E-state index contributed by atoms with van der Waals surface area (Å²) in [5, 5.41) is 9.62. The van der Waals surface area contributed by atoms with Crippen LogP contribution in [-0.2, 0) is 5.92 Å². The standard InChI is InChI=1S/C11H15F2NO/c1-7(14)10(15)8-4-3-5-9(6-8)11(2,12)13/h3-7,10,15H,14H2,1-2H3. The predicted octanol–water partition coefficient (Wildman–Crippen LogP) is 2.18. The fraction of sp³-hybridized carbons (Fsp3) is 0.455. The molecule has 0 heterocycles. The quantitative estimate of drug-likeness (QED) is 0.811. The van der Waals surface area contributed by atoms with Crippen LogP contribution in [0.1, 0.15) is 31.1 Å². The van der Waals surface area contributed by atoms with Crippen molar-refractivity contribution in [3.63, 3.8) is 0 Å². The second-order valence-corrected chi connectivity index (χ2v) is 3.82. The zero-order chi connectivity index (χ0) is 11.6. The molecule has 0 radical (unpaired) electrons. The van der Waals surface area contributed by atoms with Gasteiger partial charge >= 0.3 is 0 Å². The largest absolute Gasteiger partial charge is 0.387 e. The smallest absolute Gasteiger partial charge is 0.270 e. The Kier molecular flexibility index (Phi) is 3.42. The topological polar surface area (TPSA) is 46.2 Å². The first-order valence-corrected chi connectivity index (χ1v) is 4.74. The molecule has 0 aliphatic rings. The summed E-state index contributed by atoms with van der Waals surface area (Å²) in [5.41, 5.74) is 5.80. The van der Waals surface area contributed by atoms with Crippen molar-refractivity contribution in [2.75, 3.05) is 0 Å². The van der Waals surface area contributed by atoms with Crippen LogP contribution in [0.25, 0.3) is 0 Å². The third kappa shape index (κ3) is 2.97. The van der Waals surface area contributed by atoms with Crippen LogP contribution in [0, 0.1) is 0 Å². The zero-order valence-electron chi connectivity index (χ0n) is 8.74. The van der Waals surface area contributed by atoms with Crippen LogP contribution in [0.4, 0.5) is 8.78 Å². The summed E-state index contributed by atoms with van der Waals surface area (Å²) in [7, 11) is 0. The Morgan fingerprint density at radius 2 is 2.00 bits per heavy atom. The minimum Gasteiger partial charge on any atom is -0.387 e. The highest BCUT2D eigenvalue weighted by Gasteiger charge is 2.25. The van der Waals surface area contributed by atoms with Gasteiger partial charge in [-0.15, -0.1) is 0 Å². The molecule has 0 aliphatic carbocycles. The molecule has 0 aromatic heterocycles. The maximum Gasteiger partial charge on any atom is 0.270 e. The molecule has 1 rings (SSSR count). The zero-order valence-corrected chi connectivity index (χ0v) is 8.74. The lowest BCUT2D eigenvalue weighted by Gasteiger charge is -2.17. The van der Waals surface area contributed by atoms with Crippen molar-refractivity contribution in [3.8, 4) is 0 Å². The van der Waals surface area contributed by atoms with Gasteiger partial charge in [-0.25, -0.2) is 8.78 Å². The van der Waals surface area contributed by atoms with Crippen LogP contribution in [0.5, 0.6) is 0 Å². The molecule has 0 amide bonds. The van der Waals surface area contributed by atoms with E-state index < -0.39 is 18.1 Å². The van der Waals surface area contributed by atoms with Gasteiger partial charge in [0.1, 0.15) is 0 Å². The Labute approximate surface area is 87.7 Å². The van der Waals surface area contributed by atoms with Crippen LogP contribution in [0.3, 0.4) is 0 Å². The fourth-order valence-corrected chi connectivity index (χ4v) is 1.30. The number of aliphatic hydroxyl groups is 1. The van der Waals surface area contributed by atoms with Gasteiger partial charge in [-0.2, -0.15) is 0 Å². The Bertz CT molecular complexity index is 334. The summed E-state index contributed by atoms with van der Waals surface area (Å²) in [5.74, 6) is -2.90. The van der Waals surface area contributed by atoms with E-state index in [9.17, 15) is 13.9 Å². The molecule has 3 N–H and O–H groups in total. The van der Waals surface area contributed by atoms with Crippen molar-refractivity contribution in [3.05, 3.63) is 35.4 Å². The van der Waals surface area contributed by atoms with Gasteiger partial charge in [0, 0.05) is 18.5 Å². The number of alkyl halides is 2. The molecule has 84 valence electrons. The van der Waals surface area contributed by atoms with Crippen molar-refractivity contribution in [1.29, 1.82) is 0 Å². The predicted molar refractivity (Wildman–Crippen MR) is 54.6 cm³/mol. The highest BCUT2D eigenvalue weighted by molar-refractivity contribution is 5.28. The highest BCUT2D eigenvalue weighted by Crippen LogP contribution is 2.29. The second-order valence-electron chi connectivity index (χ2n) is 3.82. The van der Waals surface area contributed by atoms with Crippen LogP contribution in [0.15, 0.2) is 24.3 Å². The third-order valence-electron chi connectivity index (χ3n) is 2.23. The van der Waals surface area contributed by atoms with Crippen LogP contribution >= 0.6 is 0 Å². The molecule has 1 aromatic carbocycles. The summed E-state index contributed by atoms with van der Waals surface area (Å²) >= 11 is 0. The van der Waals surface area contributed by atoms with E-state index >= 15 is 0 Å². The molecule has 4 heteroatoms. The van der Waals surface area contributed by atoms with Gasteiger partial charge in [0.2, 0.25) is 0 Å². The lowest BCUT2D eigenvalue weighted by atomic mass is 10.00. The number of hydrogen-bond donors (Lipinski definition) is 2. The molecule has 0 saturated heterocycles. The van der Waals surface area contributed by atoms with Gasteiger partial charge in [-0.1, -0.05) is 18.2 Å². The molecule has 0 fully saturated rings. The lowest BCUT2D eigenvalue weighted by molar-refractivity contribution is 0.0171. The number of hydrogen-bond acceptors (Lipinski definition) is 2. The van der Waals surface area contributed by atoms with Crippen molar-refractivity contribution in [1.82, 2.24) is 0 Å². The Balaban J connectivity index is 3.03. The monoisotopic (exact) mass is 215 g/mol. The Morgan fingerprint density at radius 3 is 2.47 bits per heavy atom. The van der Waals surface area contributed by atoms with Crippen LogP contribution in [-0.4, -0.2) is 11.1 Å². The van der Waals surface area contributed by atoms with E-state index in [1.54, 1.807) is 13.0 Å². The first kappa shape index (κ1) is 12.1. The van der Waals surface area contributed by atoms with Crippen molar-refractivity contribution >= 4 is 0 Å². The molecule has 2 nitrogen and oxygen atoms in total. The van der Waals surface area contributed by atoms with Crippen molar-refractivity contribution in [2.45, 2.75) is 31.9 Å². The van der Waals surface area contributed by atoms with E-state index in [2.05, 4.69) is 0 Å². The van der Waals surface area contributed by atoms with E-state index in [-0.39, 0.29) is 5.56 Å². The first-order valence-electron chi connectivity index (χ1n) is 4.74. The Hall–Kier alpha value is -1.00. The number of benzene rings is 1. The summed E-state index contributed by atoms with van der Waals surface area (Å²) in [4.78, 5) is 0. The van der Waals surface area contributed by atoms with E-state index in [1.807, 2.05) is 0 Å². The van der Waals surface area contributed by atoms with Crippen LogP contribution < -0.4 is 5.73 Å². The van der Waals surface area contributed by atoms with E-state index in [0.717, 1.165) is 6.92 Å². The summed E-state index contributed by atoms with van der Waals surface area (Å²) in [6.45, 7) is 2.45. The highest BCUT2D eigenvalue weighted by atomic mass is 19.3. The summed E-state index contributed by atoms with van der Waals surface area (Å²) in [6.07, 6.45) is -0.910. The minimum absolute atomic E-state index is 0.111.